The van der Waals surface area contributed by atoms with Crippen molar-refractivity contribution in [2.75, 3.05) is 13.1 Å². The maximum atomic E-state index is 4.42. The van der Waals surface area contributed by atoms with E-state index in [4.69, 9.17) is 0 Å². The molecule has 0 amide bonds. The smallest absolute Gasteiger partial charge is 0.191 e. The average Bonchev–Trinajstić information content (AvgIpc) is 2.74. The van der Waals surface area contributed by atoms with E-state index >= 15 is 0 Å². The third-order valence-corrected chi connectivity index (χ3v) is 3.17. The number of hydrogen-bond acceptors (Lipinski definition) is 3. The van der Waals surface area contributed by atoms with Crippen LogP contribution in [-0.4, -0.2) is 25.1 Å². The summed E-state index contributed by atoms with van der Waals surface area (Å²) in [6.07, 6.45) is 1.07. The number of aliphatic imine (C=N–C) groups is 1. The van der Waals surface area contributed by atoms with Gasteiger partial charge in [-0.2, -0.15) is 0 Å². The molecule has 0 bridgehead atoms. The minimum absolute atomic E-state index is 0.220. The summed E-state index contributed by atoms with van der Waals surface area (Å²) in [5.74, 6) is 0.948. The van der Waals surface area contributed by atoms with Gasteiger partial charge in [0.15, 0.2) is 5.96 Å². The lowest BCUT2D eigenvalue weighted by molar-refractivity contribution is 0.359. The Hall–Kier alpha value is -1.51. The number of nitrogens with one attached hydrogen (secondary N) is 2. The second-order valence-electron chi connectivity index (χ2n) is 5.91. The summed E-state index contributed by atoms with van der Waals surface area (Å²) in [6, 6.07) is 11.1. The van der Waals surface area contributed by atoms with Gasteiger partial charge < -0.3 is 10.6 Å². The summed E-state index contributed by atoms with van der Waals surface area (Å²) >= 11 is 0. The molecule has 3 nitrogen and oxygen atoms in total. The highest BCUT2D eigenvalue weighted by molar-refractivity contribution is 5.81. The standard InChI is InChI=1S/C15H23N3/c1-12-10-16-14(18-12)17-11-15(2,3)9-13-7-5-4-6-8-13/h4-8,12H,9-11H2,1-3H3,(H2,16,17,18). The number of nitrogens with zero attached hydrogens (tertiary/aromatic N) is 1. The molecule has 2 rings (SSSR count). The zero-order valence-corrected chi connectivity index (χ0v) is 11.5. The Labute approximate surface area is 110 Å². The van der Waals surface area contributed by atoms with E-state index in [1.54, 1.807) is 0 Å². The van der Waals surface area contributed by atoms with Crippen LogP contribution in [0.1, 0.15) is 26.3 Å². The van der Waals surface area contributed by atoms with Gasteiger partial charge in [0.1, 0.15) is 0 Å². The van der Waals surface area contributed by atoms with Crippen LogP contribution in [0.25, 0.3) is 0 Å². The van der Waals surface area contributed by atoms with Crippen molar-refractivity contribution in [1.82, 2.24) is 10.6 Å². The zero-order valence-electron chi connectivity index (χ0n) is 11.5. The summed E-state index contributed by atoms with van der Waals surface area (Å²) in [6.45, 7) is 8.52. The predicted molar refractivity (Wildman–Crippen MR) is 76.8 cm³/mol. The van der Waals surface area contributed by atoms with Crippen LogP contribution in [0.3, 0.4) is 0 Å². The lowest BCUT2D eigenvalue weighted by Crippen LogP contribution is -2.42. The first-order valence-corrected chi connectivity index (χ1v) is 6.64. The van der Waals surface area contributed by atoms with Gasteiger partial charge in [-0.25, -0.2) is 0 Å². The Kier molecular flexibility index (Phi) is 3.90. The van der Waals surface area contributed by atoms with Crippen LogP contribution < -0.4 is 10.6 Å². The van der Waals surface area contributed by atoms with Crippen molar-refractivity contribution in [2.24, 2.45) is 10.4 Å². The Morgan fingerprint density at radius 1 is 1.33 bits per heavy atom. The molecule has 0 aromatic heterocycles. The number of benzene rings is 1. The van der Waals surface area contributed by atoms with Crippen LogP contribution >= 0.6 is 0 Å². The van der Waals surface area contributed by atoms with E-state index in [1.807, 2.05) is 0 Å². The van der Waals surface area contributed by atoms with E-state index in [0.717, 1.165) is 25.5 Å². The van der Waals surface area contributed by atoms with E-state index < -0.39 is 0 Å². The molecule has 18 heavy (non-hydrogen) atoms. The summed E-state index contributed by atoms with van der Waals surface area (Å²) in [7, 11) is 0. The van der Waals surface area contributed by atoms with Crippen LogP contribution in [0.2, 0.25) is 0 Å². The second-order valence-corrected chi connectivity index (χ2v) is 5.91. The maximum Gasteiger partial charge on any atom is 0.191 e. The normalized spacial score (nSPS) is 19.3. The van der Waals surface area contributed by atoms with Gasteiger partial charge in [-0.3, -0.25) is 4.99 Å². The van der Waals surface area contributed by atoms with Gasteiger partial charge in [-0.05, 0) is 24.3 Å². The lowest BCUT2D eigenvalue weighted by atomic mass is 9.86. The molecule has 0 spiro atoms. The molecule has 1 aromatic rings. The van der Waals surface area contributed by atoms with Crippen LogP contribution in [0.4, 0.5) is 0 Å². The van der Waals surface area contributed by atoms with Gasteiger partial charge in [0.2, 0.25) is 0 Å². The highest BCUT2D eigenvalue weighted by Gasteiger charge is 2.20. The van der Waals surface area contributed by atoms with Gasteiger partial charge in [-0.15, -0.1) is 0 Å². The summed E-state index contributed by atoms with van der Waals surface area (Å²) in [4.78, 5) is 4.42. The third-order valence-electron chi connectivity index (χ3n) is 3.17. The highest BCUT2D eigenvalue weighted by Crippen LogP contribution is 2.20. The molecule has 3 heteroatoms. The molecule has 1 heterocycles. The molecule has 1 aliphatic rings. The van der Waals surface area contributed by atoms with Gasteiger partial charge in [0, 0.05) is 12.6 Å². The van der Waals surface area contributed by atoms with Crippen molar-refractivity contribution in [3.63, 3.8) is 0 Å². The minimum atomic E-state index is 0.220. The molecule has 0 fully saturated rings. The molecule has 98 valence electrons. The van der Waals surface area contributed by atoms with E-state index in [-0.39, 0.29) is 5.41 Å². The molecule has 1 aliphatic heterocycles. The van der Waals surface area contributed by atoms with Crippen molar-refractivity contribution in [1.29, 1.82) is 0 Å². The Balaban J connectivity index is 1.84. The summed E-state index contributed by atoms with van der Waals surface area (Å²) in [5, 5.41) is 6.74. The van der Waals surface area contributed by atoms with E-state index in [0.29, 0.717) is 6.04 Å². The SMILES string of the molecule is CC1CN=C(NCC(C)(C)Cc2ccccc2)N1. The van der Waals surface area contributed by atoms with E-state index in [2.05, 4.69) is 66.7 Å². The second kappa shape index (κ2) is 5.42. The molecule has 0 saturated heterocycles. The fraction of sp³-hybridized carbons (Fsp3) is 0.533. The molecule has 0 aliphatic carbocycles. The number of rotatable bonds is 4. The zero-order chi connectivity index (χ0) is 13.0. The van der Waals surface area contributed by atoms with Crippen molar-refractivity contribution in [3.05, 3.63) is 35.9 Å². The first-order chi connectivity index (χ1) is 8.55. The molecular weight excluding hydrogens is 222 g/mol. The topological polar surface area (TPSA) is 36.4 Å². The fourth-order valence-electron chi connectivity index (χ4n) is 2.19. The molecule has 2 N–H and O–H groups in total. The molecule has 1 aromatic carbocycles. The highest BCUT2D eigenvalue weighted by atomic mass is 15.2. The molecule has 1 unspecified atom stereocenters. The summed E-state index contributed by atoms with van der Waals surface area (Å²) < 4.78 is 0. The first-order valence-electron chi connectivity index (χ1n) is 6.64. The van der Waals surface area contributed by atoms with Crippen molar-refractivity contribution >= 4 is 5.96 Å². The average molecular weight is 245 g/mol. The van der Waals surface area contributed by atoms with E-state index in [1.165, 1.54) is 5.56 Å². The Bertz CT molecular complexity index is 409. The van der Waals surface area contributed by atoms with Gasteiger partial charge in [-0.1, -0.05) is 44.2 Å². The number of hydrogen-bond donors (Lipinski definition) is 2. The Morgan fingerprint density at radius 2 is 2.06 bits per heavy atom. The van der Waals surface area contributed by atoms with Gasteiger partial charge >= 0.3 is 0 Å². The quantitative estimate of drug-likeness (QED) is 0.853. The minimum Gasteiger partial charge on any atom is -0.356 e. The van der Waals surface area contributed by atoms with Crippen LogP contribution in [0, 0.1) is 5.41 Å². The lowest BCUT2D eigenvalue weighted by Gasteiger charge is -2.25. The van der Waals surface area contributed by atoms with Crippen LogP contribution in [0.15, 0.2) is 35.3 Å². The number of guanidine groups is 1. The Morgan fingerprint density at radius 3 is 2.67 bits per heavy atom. The fourth-order valence-corrected chi connectivity index (χ4v) is 2.19. The molecule has 1 atom stereocenters. The largest absolute Gasteiger partial charge is 0.356 e. The van der Waals surface area contributed by atoms with E-state index in [9.17, 15) is 0 Å². The van der Waals surface area contributed by atoms with Crippen LogP contribution in [0.5, 0.6) is 0 Å². The van der Waals surface area contributed by atoms with Gasteiger partial charge in [0.05, 0.1) is 6.54 Å². The monoisotopic (exact) mass is 245 g/mol. The van der Waals surface area contributed by atoms with Crippen molar-refractivity contribution in [2.45, 2.75) is 33.2 Å². The predicted octanol–water partition coefficient (Wildman–Crippen LogP) is 2.19. The summed E-state index contributed by atoms with van der Waals surface area (Å²) in [5.41, 5.74) is 1.61. The maximum absolute atomic E-state index is 4.42. The first kappa shape index (κ1) is 12.9. The van der Waals surface area contributed by atoms with Crippen LogP contribution in [-0.2, 0) is 6.42 Å². The molecule has 0 saturated carbocycles. The van der Waals surface area contributed by atoms with Crippen molar-refractivity contribution < 1.29 is 0 Å². The third kappa shape index (κ3) is 3.76. The molecule has 0 radical (unpaired) electrons. The van der Waals surface area contributed by atoms with Gasteiger partial charge in [0.25, 0.3) is 0 Å². The molecular formula is C15H23N3. The van der Waals surface area contributed by atoms with Crippen molar-refractivity contribution in [3.8, 4) is 0 Å².